The first-order valence-electron chi connectivity index (χ1n) is 7.05. The van der Waals surface area contributed by atoms with Crippen LogP contribution in [0.2, 0.25) is 0 Å². The van der Waals surface area contributed by atoms with E-state index in [0.717, 1.165) is 45.2 Å². The van der Waals surface area contributed by atoms with Crippen molar-refractivity contribution in [2.75, 3.05) is 13.1 Å². The molecule has 0 spiro atoms. The highest BCUT2D eigenvalue weighted by atomic mass is 35.6. The number of halogens is 3. The highest BCUT2D eigenvalue weighted by Gasteiger charge is 2.38. The van der Waals surface area contributed by atoms with Crippen molar-refractivity contribution in [3.63, 3.8) is 0 Å². The van der Waals surface area contributed by atoms with E-state index in [4.69, 9.17) is 34.8 Å². The number of nitrogens with one attached hydrogen (secondary N) is 1. The topological polar surface area (TPSA) is 32.3 Å². The second-order valence-electron chi connectivity index (χ2n) is 5.07. The number of piperidine rings is 1. The predicted octanol–water partition coefficient (Wildman–Crippen LogP) is 3.87. The monoisotopic (exact) mass is 328 g/mol. The summed E-state index contributed by atoms with van der Waals surface area (Å²) < 4.78 is -1.49. The minimum atomic E-state index is -1.49. The third-order valence-electron chi connectivity index (χ3n) is 3.37. The van der Waals surface area contributed by atoms with Crippen LogP contribution in [0.4, 0.5) is 0 Å². The highest BCUT2D eigenvalue weighted by molar-refractivity contribution is 6.68. The Morgan fingerprint density at radius 2 is 1.84 bits per heavy atom. The van der Waals surface area contributed by atoms with Crippen molar-refractivity contribution in [2.24, 2.45) is 0 Å². The molecule has 0 radical (unpaired) electrons. The predicted molar refractivity (Wildman–Crippen MR) is 81.8 cm³/mol. The van der Waals surface area contributed by atoms with Crippen LogP contribution in [0, 0.1) is 0 Å². The van der Waals surface area contributed by atoms with Gasteiger partial charge in [-0.3, -0.25) is 9.69 Å². The summed E-state index contributed by atoms with van der Waals surface area (Å²) >= 11 is 18.0. The van der Waals surface area contributed by atoms with E-state index in [9.17, 15) is 4.79 Å². The van der Waals surface area contributed by atoms with Gasteiger partial charge in [-0.05, 0) is 19.3 Å². The maximum absolute atomic E-state index is 11.9. The summed E-state index contributed by atoms with van der Waals surface area (Å²) in [5, 5.41) is 2.88. The van der Waals surface area contributed by atoms with Gasteiger partial charge in [0.15, 0.2) is 0 Å². The molecule has 1 fully saturated rings. The van der Waals surface area contributed by atoms with Crippen molar-refractivity contribution in [3.05, 3.63) is 0 Å². The normalized spacial score (nSPS) is 19.2. The van der Waals surface area contributed by atoms with E-state index in [0.29, 0.717) is 6.42 Å². The summed E-state index contributed by atoms with van der Waals surface area (Å²) in [5.74, 6) is -0.0321. The number of likely N-dealkylation sites (tertiary alicyclic amines) is 1. The molecule has 6 heteroatoms. The lowest BCUT2D eigenvalue weighted by Gasteiger charge is -2.38. The van der Waals surface area contributed by atoms with E-state index < -0.39 is 9.96 Å². The molecule has 1 atom stereocenters. The van der Waals surface area contributed by atoms with Crippen LogP contribution < -0.4 is 5.32 Å². The van der Waals surface area contributed by atoms with Crippen molar-refractivity contribution in [1.29, 1.82) is 0 Å². The Bertz CT molecular complexity index is 276. The number of carbonyl (C=O) groups excluding carboxylic acids is 1. The Morgan fingerprint density at radius 1 is 1.21 bits per heavy atom. The number of amides is 1. The molecule has 112 valence electrons. The van der Waals surface area contributed by atoms with Crippen molar-refractivity contribution in [3.8, 4) is 0 Å². The van der Waals surface area contributed by atoms with Crippen molar-refractivity contribution in [2.45, 2.75) is 61.8 Å². The molecule has 1 amide bonds. The van der Waals surface area contributed by atoms with E-state index in [1.54, 1.807) is 0 Å². The van der Waals surface area contributed by atoms with Gasteiger partial charge in [0.25, 0.3) is 0 Å². The molecule has 0 aromatic rings. The van der Waals surface area contributed by atoms with Crippen LogP contribution in [0.3, 0.4) is 0 Å². The summed E-state index contributed by atoms with van der Waals surface area (Å²) in [7, 11) is 0. The van der Waals surface area contributed by atoms with Gasteiger partial charge in [0.2, 0.25) is 9.70 Å². The fourth-order valence-electron chi connectivity index (χ4n) is 2.32. The number of hydrogen-bond donors (Lipinski definition) is 1. The molecule has 0 bridgehead atoms. The van der Waals surface area contributed by atoms with Crippen LogP contribution in [0.25, 0.3) is 0 Å². The lowest BCUT2D eigenvalue weighted by molar-refractivity contribution is -0.123. The van der Waals surface area contributed by atoms with Gasteiger partial charge < -0.3 is 5.32 Å². The zero-order chi connectivity index (χ0) is 14.3. The summed E-state index contributed by atoms with van der Waals surface area (Å²) in [6.07, 6.45) is 6.38. The average molecular weight is 330 g/mol. The molecule has 3 nitrogen and oxygen atoms in total. The first-order chi connectivity index (χ1) is 8.95. The number of hydrogen-bond acceptors (Lipinski definition) is 2. The lowest BCUT2D eigenvalue weighted by Crippen LogP contribution is -2.56. The van der Waals surface area contributed by atoms with E-state index in [2.05, 4.69) is 17.1 Å². The van der Waals surface area contributed by atoms with Crippen LogP contribution >= 0.6 is 34.8 Å². The Morgan fingerprint density at radius 3 is 2.37 bits per heavy atom. The Kier molecular flexibility index (Phi) is 7.81. The standard InChI is InChI=1S/C13H23Cl3N2O/c1-2-3-5-8-11(19)17-12(13(14,15)16)18-9-6-4-7-10-18/h12H,2-10H2,1H3,(H,17,19)/t12-/m0/s1. The Labute approximate surface area is 130 Å². The second kappa shape index (κ2) is 8.56. The molecule has 0 saturated carbocycles. The van der Waals surface area contributed by atoms with Crippen LogP contribution in [-0.2, 0) is 4.79 Å². The molecule has 1 N–H and O–H groups in total. The van der Waals surface area contributed by atoms with Gasteiger partial charge in [0.1, 0.15) is 6.17 Å². The molecule has 0 aromatic heterocycles. The molecular weight excluding hydrogens is 307 g/mol. The first-order valence-corrected chi connectivity index (χ1v) is 8.18. The number of unbranched alkanes of at least 4 members (excludes halogenated alkanes) is 2. The molecular formula is C13H23Cl3N2O. The van der Waals surface area contributed by atoms with E-state index in [1.165, 1.54) is 6.42 Å². The molecule has 1 rings (SSSR count). The van der Waals surface area contributed by atoms with Crippen molar-refractivity contribution in [1.82, 2.24) is 10.2 Å². The minimum absolute atomic E-state index is 0.0321. The van der Waals surface area contributed by atoms with Gasteiger partial charge in [-0.1, -0.05) is 61.0 Å². The summed E-state index contributed by atoms with van der Waals surface area (Å²) in [6, 6.07) is 0. The number of alkyl halides is 3. The summed E-state index contributed by atoms with van der Waals surface area (Å²) in [5.41, 5.74) is 0. The van der Waals surface area contributed by atoms with Gasteiger partial charge in [-0.15, -0.1) is 0 Å². The summed E-state index contributed by atoms with van der Waals surface area (Å²) in [6.45, 7) is 3.84. The smallest absolute Gasteiger partial charge is 0.223 e. The molecule has 19 heavy (non-hydrogen) atoms. The quantitative estimate of drug-likeness (QED) is 0.593. The molecule has 1 aliphatic heterocycles. The van der Waals surface area contributed by atoms with Gasteiger partial charge >= 0.3 is 0 Å². The minimum Gasteiger partial charge on any atom is -0.337 e. The van der Waals surface area contributed by atoms with Crippen molar-refractivity contribution < 1.29 is 4.79 Å². The van der Waals surface area contributed by atoms with Crippen LogP contribution in [-0.4, -0.2) is 33.9 Å². The maximum atomic E-state index is 11.9. The maximum Gasteiger partial charge on any atom is 0.223 e. The Balaban J connectivity index is 2.52. The number of nitrogens with zero attached hydrogens (tertiary/aromatic N) is 1. The highest BCUT2D eigenvalue weighted by Crippen LogP contribution is 2.33. The number of rotatable bonds is 6. The van der Waals surface area contributed by atoms with Gasteiger partial charge in [-0.25, -0.2) is 0 Å². The molecule has 1 aliphatic rings. The fourth-order valence-corrected chi connectivity index (χ4v) is 2.89. The van der Waals surface area contributed by atoms with E-state index >= 15 is 0 Å². The zero-order valence-corrected chi connectivity index (χ0v) is 13.7. The number of carbonyl (C=O) groups is 1. The fraction of sp³-hybridized carbons (Fsp3) is 0.923. The van der Waals surface area contributed by atoms with Gasteiger partial charge in [-0.2, -0.15) is 0 Å². The lowest BCUT2D eigenvalue weighted by atomic mass is 10.1. The molecule has 0 unspecified atom stereocenters. The first kappa shape index (κ1) is 17.4. The second-order valence-corrected chi connectivity index (χ2v) is 7.43. The average Bonchev–Trinajstić information content (AvgIpc) is 2.36. The molecule has 1 saturated heterocycles. The van der Waals surface area contributed by atoms with Crippen LogP contribution in [0.5, 0.6) is 0 Å². The molecule has 0 aromatic carbocycles. The Hall–Kier alpha value is 0.300. The van der Waals surface area contributed by atoms with Gasteiger partial charge in [0.05, 0.1) is 0 Å². The van der Waals surface area contributed by atoms with Crippen LogP contribution in [0.1, 0.15) is 51.9 Å². The molecule has 1 heterocycles. The molecule has 0 aliphatic carbocycles. The summed E-state index contributed by atoms with van der Waals surface area (Å²) in [4.78, 5) is 14.0. The SMILES string of the molecule is CCCCCC(=O)N[C@@H](N1CCCCC1)C(Cl)(Cl)Cl. The van der Waals surface area contributed by atoms with E-state index in [1.807, 2.05) is 0 Å². The third kappa shape index (κ3) is 6.52. The van der Waals surface area contributed by atoms with E-state index in [-0.39, 0.29) is 5.91 Å². The third-order valence-corrected chi connectivity index (χ3v) is 3.99. The van der Waals surface area contributed by atoms with Gasteiger partial charge in [0, 0.05) is 19.5 Å². The van der Waals surface area contributed by atoms with Crippen molar-refractivity contribution >= 4 is 40.7 Å². The zero-order valence-electron chi connectivity index (χ0n) is 11.4. The largest absolute Gasteiger partial charge is 0.337 e. The van der Waals surface area contributed by atoms with Crippen LogP contribution in [0.15, 0.2) is 0 Å².